The minimum absolute atomic E-state index is 0.0444. The second-order valence-corrected chi connectivity index (χ2v) is 9.05. The van der Waals surface area contributed by atoms with Crippen LogP contribution in [0.15, 0.2) is 48.0 Å². The van der Waals surface area contributed by atoms with Crippen LogP contribution in [0, 0.1) is 0 Å². The Labute approximate surface area is 224 Å². The number of imidazole rings is 1. The topological polar surface area (TPSA) is 135 Å². The van der Waals surface area contributed by atoms with Gasteiger partial charge < -0.3 is 29.7 Å². The highest BCUT2D eigenvalue weighted by atomic mass is 35.5. The number of ether oxygens (including phenoxy) is 2. The van der Waals surface area contributed by atoms with Gasteiger partial charge in [0.1, 0.15) is 21.9 Å². The molecule has 4 aromatic heterocycles. The van der Waals surface area contributed by atoms with E-state index >= 15 is 0 Å². The Morgan fingerprint density at radius 2 is 2.13 bits per heavy atom. The van der Waals surface area contributed by atoms with E-state index in [0.717, 1.165) is 16.8 Å². The van der Waals surface area contributed by atoms with Crippen molar-refractivity contribution in [2.24, 2.45) is 12.8 Å². The van der Waals surface area contributed by atoms with E-state index in [1.165, 1.54) is 35.6 Å². The van der Waals surface area contributed by atoms with Crippen LogP contribution < -0.4 is 21.3 Å². The summed E-state index contributed by atoms with van der Waals surface area (Å²) in [5, 5.41) is 2.84. The molecule has 15 heteroatoms. The molecule has 0 unspecified atom stereocenters. The quantitative estimate of drug-likeness (QED) is 0.334. The van der Waals surface area contributed by atoms with Crippen molar-refractivity contribution in [2.75, 3.05) is 18.5 Å². The van der Waals surface area contributed by atoms with E-state index in [2.05, 4.69) is 25.3 Å². The highest BCUT2D eigenvalue weighted by Gasteiger charge is 2.33. The van der Waals surface area contributed by atoms with Gasteiger partial charge in [-0.3, -0.25) is 9.78 Å². The van der Waals surface area contributed by atoms with Crippen LogP contribution in [0.4, 0.5) is 24.8 Å². The molecule has 39 heavy (non-hydrogen) atoms. The van der Waals surface area contributed by atoms with Crippen LogP contribution in [0.5, 0.6) is 5.75 Å². The van der Waals surface area contributed by atoms with Crippen LogP contribution in [-0.4, -0.2) is 42.3 Å². The zero-order valence-corrected chi connectivity index (χ0v) is 21.2. The fourth-order valence-corrected chi connectivity index (χ4v) is 4.49. The lowest BCUT2D eigenvalue weighted by Gasteiger charge is -2.25. The van der Waals surface area contributed by atoms with Crippen molar-refractivity contribution >= 4 is 40.2 Å². The third-order valence-electron chi connectivity index (χ3n) is 6.14. The van der Waals surface area contributed by atoms with E-state index in [1.807, 2.05) is 0 Å². The molecule has 0 bridgehead atoms. The Balaban J connectivity index is 1.52. The van der Waals surface area contributed by atoms with Gasteiger partial charge in [0.15, 0.2) is 17.2 Å². The number of halogens is 4. The lowest BCUT2D eigenvalue weighted by atomic mass is 10.1. The maximum atomic E-state index is 13.7. The van der Waals surface area contributed by atoms with Crippen molar-refractivity contribution < 1.29 is 22.6 Å². The predicted octanol–water partition coefficient (Wildman–Crippen LogP) is 4.02. The first-order valence-electron chi connectivity index (χ1n) is 11.7. The summed E-state index contributed by atoms with van der Waals surface area (Å²) in [5.74, 6) is 0.339. The molecule has 1 aliphatic heterocycles. The molecule has 1 aliphatic rings. The number of pyridine rings is 2. The second kappa shape index (κ2) is 10.5. The number of alkyl halides is 3. The Hall–Kier alpha value is -4.17. The van der Waals surface area contributed by atoms with Gasteiger partial charge in [0.05, 0.1) is 30.6 Å². The summed E-state index contributed by atoms with van der Waals surface area (Å²) in [6.07, 6.45) is 4.21. The maximum Gasteiger partial charge on any atom is 0.417 e. The summed E-state index contributed by atoms with van der Waals surface area (Å²) in [6, 6.07) is 0.231. The zero-order chi connectivity index (χ0) is 27.7. The first-order chi connectivity index (χ1) is 18.7. The van der Waals surface area contributed by atoms with Gasteiger partial charge in [-0.15, -0.1) is 0 Å². The van der Waals surface area contributed by atoms with Gasteiger partial charge in [-0.05, 0) is 18.9 Å². The van der Waals surface area contributed by atoms with E-state index < -0.39 is 23.3 Å². The summed E-state index contributed by atoms with van der Waals surface area (Å²) >= 11 is 6.61. The van der Waals surface area contributed by atoms with Crippen LogP contribution >= 0.6 is 11.6 Å². The van der Waals surface area contributed by atoms with Crippen molar-refractivity contribution in [3.05, 3.63) is 69.9 Å². The number of hydrogen-bond donors (Lipinski definition) is 2. The molecular formula is C24H22ClF3N8O3. The predicted molar refractivity (Wildman–Crippen MR) is 136 cm³/mol. The Kier molecular flexibility index (Phi) is 7.14. The van der Waals surface area contributed by atoms with Gasteiger partial charge in [0.2, 0.25) is 5.95 Å². The highest BCUT2D eigenvalue weighted by Crippen LogP contribution is 2.36. The molecule has 0 aromatic carbocycles. The van der Waals surface area contributed by atoms with E-state index in [-0.39, 0.29) is 40.4 Å². The first kappa shape index (κ1) is 26.4. The molecule has 4 aromatic rings. The number of anilines is 2. The molecular weight excluding hydrogens is 541 g/mol. The molecule has 11 nitrogen and oxygen atoms in total. The molecule has 1 saturated heterocycles. The number of aryl methyl sites for hydroxylation is 1. The zero-order valence-electron chi connectivity index (χ0n) is 20.4. The van der Waals surface area contributed by atoms with Crippen molar-refractivity contribution in [1.29, 1.82) is 0 Å². The highest BCUT2D eigenvalue weighted by molar-refractivity contribution is 6.36. The summed E-state index contributed by atoms with van der Waals surface area (Å²) in [6.45, 7) is 0.638. The van der Waals surface area contributed by atoms with Crippen LogP contribution in [0.25, 0.3) is 16.9 Å². The van der Waals surface area contributed by atoms with Crippen LogP contribution in [-0.2, 0) is 18.0 Å². The van der Waals surface area contributed by atoms with Gasteiger partial charge in [-0.25, -0.2) is 9.97 Å². The Bertz CT molecular complexity index is 1600. The van der Waals surface area contributed by atoms with Gasteiger partial charge in [0, 0.05) is 38.4 Å². The molecule has 1 fully saturated rings. The number of nitrogens with two attached hydrogens (primary N) is 1. The third-order valence-corrected chi connectivity index (χ3v) is 6.50. The summed E-state index contributed by atoms with van der Waals surface area (Å²) in [5.41, 5.74) is 4.59. The molecule has 204 valence electrons. The van der Waals surface area contributed by atoms with Gasteiger partial charge in [-0.1, -0.05) is 11.6 Å². The number of aromatic nitrogens is 6. The summed E-state index contributed by atoms with van der Waals surface area (Å²) < 4.78 is 54.9. The summed E-state index contributed by atoms with van der Waals surface area (Å²) in [4.78, 5) is 29.9. The number of nitrogens with zero attached hydrogens (tertiary/aromatic N) is 6. The average molecular weight is 563 g/mol. The number of hydrogen-bond acceptors (Lipinski definition) is 9. The molecule has 3 N–H and O–H groups in total. The average Bonchev–Trinajstić information content (AvgIpc) is 3.25. The minimum Gasteiger partial charge on any atom is -0.450 e. The van der Waals surface area contributed by atoms with Crippen molar-refractivity contribution in [2.45, 2.75) is 25.1 Å². The van der Waals surface area contributed by atoms with Gasteiger partial charge >= 0.3 is 6.18 Å². The van der Waals surface area contributed by atoms with Crippen molar-refractivity contribution in [3.63, 3.8) is 0 Å². The fourth-order valence-electron chi connectivity index (χ4n) is 4.19. The Morgan fingerprint density at radius 3 is 2.79 bits per heavy atom. The number of fused-ring (bicyclic) bond motifs is 1. The van der Waals surface area contributed by atoms with Gasteiger partial charge in [-0.2, -0.15) is 18.2 Å². The molecule has 0 saturated carbocycles. The first-order valence-corrected chi connectivity index (χ1v) is 12.1. The Morgan fingerprint density at radius 1 is 1.31 bits per heavy atom. The molecule has 0 radical (unpaired) electrons. The minimum atomic E-state index is -4.68. The molecule has 0 aliphatic carbocycles. The normalized spacial score (nSPS) is 16.4. The van der Waals surface area contributed by atoms with Crippen LogP contribution in [0.3, 0.4) is 0 Å². The third kappa shape index (κ3) is 5.25. The molecule has 0 spiro atoms. The van der Waals surface area contributed by atoms with E-state index in [0.29, 0.717) is 30.7 Å². The van der Waals surface area contributed by atoms with Crippen molar-refractivity contribution in [1.82, 2.24) is 29.1 Å². The van der Waals surface area contributed by atoms with Crippen molar-refractivity contribution in [3.8, 4) is 5.75 Å². The largest absolute Gasteiger partial charge is 0.450 e. The number of nitrogens with one attached hydrogen (secondary N) is 1. The summed E-state index contributed by atoms with van der Waals surface area (Å²) in [7, 11) is 1.57. The maximum absolute atomic E-state index is 13.7. The smallest absolute Gasteiger partial charge is 0.417 e. The monoisotopic (exact) mass is 562 g/mol. The second-order valence-electron chi connectivity index (χ2n) is 8.68. The standard InChI is InChI=1S/C24H22ClF3N8O3/c1-35-20-19(25)18(39-17(8-29)16-9-30-4-5-31-16)10-32-21(20)34-23(35)33-15-7-13(24(26,27)28)11-36(22(15)37)14-3-2-6-38-12-14/h4-5,7-11,14H,2-3,6,12,29H2,1H3,(H,32,33,34)/b17-8+/t14-/m1/s1. The lowest BCUT2D eigenvalue weighted by molar-refractivity contribution is -0.138. The lowest BCUT2D eigenvalue weighted by Crippen LogP contribution is -2.32. The molecule has 5 heterocycles. The van der Waals surface area contributed by atoms with Crippen LogP contribution in [0.2, 0.25) is 5.02 Å². The van der Waals surface area contributed by atoms with Crippen LogP contribution in [0.1, 0.15) is 30.1 Å². The van der Waals surface area contributed by atoms with E-state index in [4.69, 9.17) is 26.8 Å². The molecule has 1 atom stereocenters. The van der Waals surface area contributed by atoms with E-state index in [9.17, 15) is 18.0 Å². The fraction of sp³-hybridized carbons (Fsp3) is 0.292. The van der Waals surface area contributed by atoms with E-state index in [1.54, 1.807) is 7.05 Å². The SMILES string of the molecule is Cn1c(Nc2cc(C(F)(F)F)cn([C@@H]3CCCOC3)c2=O)nc2ncc(O/C(=C/N)c3cnccn3)c(Cl)c21. The number of rotatable bonds is 6. The molecule has 0 amide bonds. The molecule has 5 rings (SSSR count). The van der Waals surface area contributed by atoms with Gasteiger partial charge in [0.25, 0.3) is 5.56 Å².